The molecule has 1 amide bonds. The number of hydrogen-bond acceptors (Lipinski definition) is 3. The molecule has 0 aliphatic heterocycles. The first-order chi connectivity index (χ1) is 13.7. The Labute approximate surface area is 168 Å². The summed E-state index contributed by atoms with van der Waals surface area (Å²) < 4.78 is 45.5. The molecule has 0 aliphatic rings. The first-order valence-corrected chi connectivity index (χ1v) is 9.46. The molecule has 0 aliphatic carbocycles. The van der Waals surface area contributed by atoms with E-state index in [1.165, 1.54) is 12.2 Å². The smallest absolute Gasteiger partial charge is 0.382 e. The SMILES string of the molecule is CCOCCCN(CC(F)(F)F)C(=O)C=Cc1c(C)nn(-c2ccccc2)c1C. The Bertz CT molecular complexity index is 830. The van der Waals surface area contributed by atoms with Crippen molar-refractivity contribution in [2.75, 3.05) is 26.3 Å². The van der Waals surface area contributed by atoms with Crippen LogP contribution in [0, 0.1) is 13.8 Å². The normalized spacial score (nSPS) is 11.9. The molecule has 0 saturated heterocycles. The van der Waals surface area contributed by atoms with Gasteiger partial charge in [-0.2, -0.15) is 18.3 Å². The van der Waals surface area contributed by atoms with Crippen LogP contribution >= 0.6 is 0 Å². The third-order valence-electron chi connectivity index (χ3n) is 4.34. The summed E-state index contributed by atoms with van der Waals surface area (Å²) in [7, 11) is 0. The fourth-order valence-corrected chi connectivity index (χ4v) is 2.96. The van der Waals surface area contributed by atoms with Crippen LogP contribution in [-0.4, -0.2) is 53.1 Å². The van der Waals surface area contributed by atoms with E-state index in [1.54, 1.807) is 11.6 Å². The third kappa shape index (κ3) is 6.74. The zero-order valence-electron chi connectivity index (χ0n) is 16.9. The van der Waals surface area contributed by atoms with E-state index in [0.717, 1.165) is 16.3 Å². The molecule has 0 radical (unpaired) electrons. The standard InChI is InChI=1S/C21H26F3N3O2/c1-4-29-14-8-13-26(15-21(22,23)24)20(28)12-11-19-16(2)25-27(17(19)3)18-9-6-5-7-10-18/h5-7,9-12H,4,8,13-15H2,1-3H3. The number of ether oxygens (including phenoxy) is 1. The minimum Gasteiger partial charge on any atom is -0.382 e. The highest BCUT2D eigenvalue weighted by atomic mass is 19.4. The van der Waals surface area contributed by atoms with Gasteiger partial charge in [0.05, 0.1) is 11.4 Å². The number of amides is 1. The Morgan fingerprint density at radius 2 is 1.93 bits per heavy atom. The number of nitrogens with zero attached hydrogens (tertiary/aromatic N) is 3. The van der Waals surface area contributed by atoms with Gasteiger partial charge in [-0.05, 0) is 45.4 Å². The van der Waals surface area contributed by atoms with E-state index in [4.69, 9.17) is 4.74 Å². The zero-order valence-corrected chi connectivity index (χ0v) is 16.9. The van der Waals surface area contributed by atoms with E-state index < -0.39 is 18.6 Å². The Kier molecular flexibility index (Phi) is 8.01. The van der Waals surface area contributed by atoms with Crippen molar-refractivity contribution in [3.05, 3.63) is 53.4 Å². The molecule has 1 aromatic heterocycles. The van der Waals surface area contributed by atoms with E-state index >= 15 is 0 Å². The van der Waals surface area contributed by atoms with Crippen molar-refractivity contribution in [3.8, 4) is 5.69 Å². The number of carbonyl (C=O) groups excluding carboxylic acids is 1. The number of benzene rings is 1. The quantitative estimate of drug-likeness (QED) is 0.458. The van der Waals surface area contributed by atoms with Crippen LogP contribution in [0.15, 0.2) is 36.4 Å². The summed E-state index contributed by atoms with van der Waals surface area (Å²) in [6.45, 7) is 4.94. The van der Waals surface area contributed by atoms with Crippen LogP contribution in [0.5, 0.6) is 0 Å². The van der Waals surface area contributed by atoms with Crippen LogP contribution in [-0.2, 0) is 9.53 Å². The topological polar surface area (TPSA) is 47.4 Å². The van der Waals surface area contributed by atoms with Crippen LogP contribution in [0.3, 0.4) is 0 Å². The molecule has 29 heavy (non-hydrogen) atoms. The third-order valence-corrected chi connectivity index (χ3v) is 4.34. The van der Waals surface area contributed by atoms with Crippen LogP contribution in [0.25, 0.3) is 11.8 Å². The number of alkyl halides is 3. The first kappa shape index (κ1) is 22.7. The van der Waals surface area contributed by atoms with Gasteiger partial charge in [-0.15, -0.1) is 0 Å². The lowest BCUT2D eigenvalue weighted by Crippen LogP contribution is -2.39. The van der Waals surface area contributed by atoms with Gasteiger partial charge < -0.3 is 9.64 Å². The highest BCUT2D eigenvalue weighted by Crippen LogP contribution is 2.20. The van der Waals surface area contributed by atoms with Crippen LogP contribution in [0.4, 0.5) is 13.2 Å². The lowest BCUT2D eigenvalue weighted by atomic mass is 10.1. The Morgan fingerprint density at radius 3 is 2.55 bits per heavy atom. The Hall–Kier alpha value is -2.61. The molecular weight excluding hydrogens is 383 g/mol. The number of para-hydroxylation sites is 1. The maximum absolute atomic E-state index is 12.9. The van der Waals surface area contributed by atoms with Crippen molar-refractivity contribution < 1.29 is 22.7 Å². The molecule has 158 valence electrons. The maximum atomic E-state index is 12.9. The van der Waals surface area contributed by atoms with Crippen LogP contribution in [0.1, 0.15) is 30.3 Å². The van der Waals surface area contributed by atoms with Gasteiger partial charge in [0.15, 0.2) is 0 Å². The summed E-state index contributed by atoms with van der Waals surface area (Å²) in [6, 6.07) is 9.49. The van der Waals surface area contributed by atoms with E-state index in [9.17, 15) is 18.0 Å². The predicted octanol–water partition coefficient (Wildman–Crippen LogP) is 4.32. The second-order valence-electron chi connectivity index (χ2n) is 6.59. The molecular formula is C21H26F3N3O2. The molecule has 0 N–H and O–H groups in total. The molecule has 0 bridgehead atoms. The maximum Gasteiger partial charge on any atom is 0.406 e. The molecule has 0 atom stereocenters. The van der Waals surface area contributed by atoms with Gasteiger partial charge in [0.2, 0.25) is 5.91 Å². The Morgan fingerprint density at radius 1 is 1.24 bits per heavy atom. The summed E-state index contributed by atoms with van der Waals surface area (Å²) in [6.07, 6.45) is -1.41. The van der Waals surface area contributed by atoms with E-state index in [-0.39, 0.29) is 6.54 Å². The average molecular weight is 409 g/mol. The average Bonchev–Trinajstić information content (AvgIpc) is 2.96. The highest BCUT2D eigenvalue weighted by Gasteiger charge is 2.32. The minimum absolute atomic E-state index is 0.0239. The number of halogens is 3. The first-order valence-electron chi connectivity index (χ1n) is 9.46. The van der Waals surface area contributed by atoms with Crippen LogP contribution in [0.2, 0.25) is 0 Å². The van der Waals surface area contributed by atoms with Gasteiger partial charge in [0.25, 0.3) is 0 Å². The molecule has 1 aromatic carbocycles. The number of carbonyl (C=O) groups is 1. The fourth-order valence-electron chi connectivity index (χ4n) is 2.96. The summed E-state index contributed by atoms with van der Waals surface area (Å²) in [5.74, 6) is -0.690. The molecule has 0 spiro atoms. The molecule has 5 nitrogen and oxygen atoms in total. The largest absolute Gasteiger partial charge is 0.406 e. The fraction of sp³-hybridized carbons (Fsp3) is 0.429. The van der Waals surface area contributed by atoms with Crippen molar-refractivity contribution in [3.63, 3.8) is 0 Å². The van der Waals surface area contributed by atoms with E-state index in [2.05, 4.69) is 5.10 Å². The number of aryl methyl sites for hydroxylation is 1. The number of aromatic nitrogens is 2. The van der Waals surface area contributed by atoms with Gasteiger partial charge in [0.1, 0.15) is 6.54 Å². The van der Waals surface area contributed by atoms with Gasteiger partial charge in [-0.1, -0.05) is 18.2 Å². The summed E-state index contributed by atoms with van der Waals surface area (Å²) >= 11 is 0. The molecule has 2 aromatic rings. The van der Waals surface area contributed by atoms with Crippen molar-refractivity contribution in [2.24, 2.45) is 0 Å². The second-order valence-corrected chi connectivity index (χ2v) is 6.59. The van der Waals surface area contributed by atoms with Gasteiger partial charge in [0, 0.05) is 37.1 Å². The Balaban J connectivity index is 2.17. The molecule has 1 heterocycles. The highest BCUT2D eigenvalue weighted by molar-refractivity contribution is 5.92. The van der Waals surface area contributed by atoms with Crippen molar-refractivity contribution in [1.82, 2.24) is 14.7 Å². The molecule has 8 heteroatoms. The van der Waals surface area contributed by atoms with E-state index in [0.29, 0.717) is 30.9 Å². The van der Waals surface area contributed by atoms with Gasteiger partial charge in [-0.3, -0.25) is 4.79 Å². The lowest BCUT2D eigenvalue weighted by Gasteiger charge is -2.22. The monoisotopic (exact) mass is 409 g/mol. The van der Waals surface area contributed by atoms with E-state index in [1.807, 2.05) is 44.2 Å². The summed E-state index contributed by atoms with van der Waals surface area (Å²) in [4.78, 5) is 13.2. The minimum atomic E-state index is -4.46. The second kappa shape index (κ2) is 10.2. The summed E-state index contributed by atoms with van der Waals surface area (Å²) in [5.41, 5.74) is 3.07. The van der Waals surface area contributed by atoms with Crippen molar-refractivity contribution >= 4 is 12.0 Å². The molecule has 0 saturated carbocycles. The van der Waals surface area contributed by atoms with Gasteiger partial charge in [-0.25, -0.2) is 4.68 Å². The summed E-state index contributed by atoms with van der Waals surface area (Å²) in [5, 5.41) is 4.48. The van der Waals surface area contributed by atoms with Crippen molar-refractivity contribution in [2.45, 2.75) is 33.4 Å². The van der Waals surface area contributed by atoms with Gasteiger partial charge >= 0.3 is 6.18 Å². The zero-order chi connectivity index (χ0) is 21.4. The molecule has 2 rings (SSSR count). The predicted molar refractivity (Wildman–Crippen MR) is 106 cm³/mol. The van der Waals surface area contributed by atoms with Crippen molar-refractivity contribution in [1.29, 1.82) is 0 Å². The lowest BCUT2D eigenvalue weighted by molar-refractivity contribution is -0.158. The number of hydrogen-bond donors (Lipinski definition) is 0. The van der Waals surface area contributed by atoms with Crippen LogP contribution < -0.4 is 0 Å². The number of rotatable bonds is 9. The molecule has 0 fully saturated rings. The molecule has 0 unspecified atom stereocenters.